The number of anilines is 1. The molecule has 4 nitrogen and oxygen atoms in total. The second-order valence-electron chi connectivity index (χ2n) is 4.59. The van der Waals surface area contributed by atoms with Crippen molar-refractivity contribution in [1.29, 1.82) is 0 Å². The van der Waals surface area contributed by atoms with Crippen LogP contribution in [0.5, 0.6) is 5.75 Å². The number of amides is 1. The van der Waals surface area contributed by atoms with E-state index in [1.165, 1.54) is 0 Å². The van der Waals surface area contributed by atoms with Crippen LogP contribution in [0.15, 0.2) is 46.9 Å². The molecule has 2 aromatic rings. The Labute approximate surface area is 136 Å². The largest absolute Gasteiger partial charge is 0.508 e. The number of phenolic OH excluding ortho intramolecular Hbond substituents is 1. The first-order chi connectivity index (χ1) is 9.95. The molecular formula is C15H14BrClN2O2. The van der Waals surface area contributed by atoms with Gasteiger partial charge in [-0.05, 0) is 42.3 Å². The second-order valence-corrected chi connectivity index (χ2v) is 5.91. The maximum absolute atomic E-state index is 12.1. The minimum atomic E-state index is -0.700. The van der Waals surface area contributed by atoms with E-state index in [1.807, 2.05) is 0 Å². The van der Waals surface area contributed by atoms with E-state index < -0.39 is 6.04 Å². The van der Waals surface area contributed by atoms with Gasteiger partial charge in [-0.2, -0.15) is 0 Å². The summed E-state index contributed by atoms with van der Waals surface area (Å²) in [4.78, 5) is 12.1. The zero-order valence-corrected chi connectivity index (χ0v) is 13.4. The Hall–Kier alpha value is -1.56. The third kappa shape index (κ3) is 4.46. The highest BCUT2D eigenvalue weighted by Gasteiger charge is 2.15. The number of nitrogens with one attached hydrogen (secondary N) is 1. The first-order valence-electron chi connectivity index (χ1n) is 6.25. The Morgan fingerprint density at radius 1 is 1.29 bits per heavy atom. The van der Waals surface area contributed by atoms with Crippen molar-refractivity contribution in [3.63, 3.8) is 0 Å². The fourth-order valence-corrected chi connectivity index (χ4v) is 2.52. The van der Waals surface area contributed by atoms with Gasteiger partial charge in [0.25, 0.3) is 0 Å². The molecule has 2 aromatic carbocycles. The number of carbonyl (C=O) groups excluding carboxylic acids is 1. The van der Waals surface area contributed by atoms with E-state index in [2.05, 4.69) is 21.2 Å². The number of rotatable bonds is 4. The van der Waals surface area contributed by atoms with Gasteiger partial charge in [0.1, 0.15) is 5.75 Å². The lowest BCUT2D eigenvalue weighted by atomic mass is 10.1. The molecule has 0 aliphatic rings. The lowest BCUT2D eigenvalue weighted by Crippen LogP contribution is -2.37. The zero-order valence-electron chi connectivity index (χ0n) is 11.0. The number of carbonyl (C=O) groups is 1. The Balaban J connectivity index is 2.00. The van der Waals surface area contributed by atoms with Gasteiger partial charge in [0.15, 0.2) is 0 Å². The monoisotopic (exact) mass is 368 g/mol. The molecule has 0 aromatic heterocycles. The summed E-state index contributed by atoms with van der Waals surface area (Å²) in [5, 5.41) is 12.4. The summed E-state index contributed by atoms with van der Waals surface area (Å²) < 4.78 is 0.832. The van der Waals surface area contributed by atoms with Crippen LogP contribution in [-0.2, 0) is 11.2 Å². The predicted octanol–water partition coefficient (Wildman–Crippen LogP) is 3.32. The molecule has 0 saturated carbocycles. The SMILES string of the molecule is N[C@@H](Cc1ccc(O)cc1)C(=O)Nc1ccc(Br)cc1Cl. The van der Waals surface area contributed by atoms with Gasteiger partial charge < -0.3 is 16.2 Å². The molecule has 0 unspecified atom stereocenters. The van der Waals surface area contributed by atoms with Crippen LogP contribution in [-0.4, -0.2) is 17.1 Å². The number of halogens is 2. The summed E-state index contributed by atoms with van der Waals surface area (Å²) in [5.74, 6) is -0.134. The van der Waals surface area contributed by atoms with Crippen LogP contribution >= 0.6 is 27.5 Å². The van der Waals surface area contributed by atoms with E-state index in [9.17, 15) is 9.90 Å². The number of hydrogen-bond donors (Lipinski definition) is 3. The van der Waals surface area contributed by atoms with Gasteiger partial charge in [0.05, 0.1) is 16.8 Å². The van der Waals surface area contributed by atoms with Crippen molar-refractivity contribution in [3.8, 4) is 5.75 Å². The van der Waals surface area contributed by atoms with Gasteiger partial charge in [-0.3, -0.25) is 4.79 Å². The van der Waals surface area contributed by atoms with Crippen LogP contribution < -0.4 is 11.1 Å². The van der Waals surface area contributed by atoms with Crippen LogP contribution in [0.2, 0.25) is 5.02 Å². The van der Waals surface area contributed by atoms with E-state index in [4.69, 9.17) is 17.3 Å². The number of phenols is 1. The summed E-state index contributed by atoms with van der Waals surface area (Å²) >= 11 is 9.34. The molecule has 0 bridgehead atoms. The van der Waals surface area contributed by atoms with Crippen molar-refractivity contribution in [2.45, 2.75) is 12.5 Å². The Bertz CT molecular complexity index is 647. The normalized spacial score (nSPS) is 12.0. The third-order valence-electron chi connectivity index (χ3n) is 2.92. The van der Waals surface area contributed by atoms with Crippen LogP contribution in [0.4, 0.5) is 5.69 Å². The second kappa shape index (κ2) is 6.93. The quantitative estimate of drug-likeness (QED) is 0.774. The highest BCUT2D eigenvalue weighted by molar-refractivity contribution is 9.10. The van der Waals surface area contributed by atoms with Gasteiger partial charge in [0.2, 0.25) is 5.91 Å². The smallest absolute Gasteiger partial charge is 0.241 e. The van der Waals surface area contributed by atoms with E-state index in [0.717, 1.165) is 10.0 Å². The molecule has 110 valence electrons. The standard InChI is InChI=1S/C15H14BrClN2O2/c16-10-3-6-14(12(17)8-10)19-15(21)13(18)7-9-1-4-11(20)5-2-9/h1-6,8,13,20H,7,18H2,(H,19,21)/t13-/m0/s1. The van der Waals surface area contributed by atoms with Gasteiger partial charge in [-0.15, -0.1) is 0 Å². The lowest BCUT2D eigenvalue weighted by Gasteiger charge is -2.13. The van der Waals surface area contributed by atoms with E-state index >= 15 is 0 Å². The zero-order chi connectivity index (χ0) is 15.4. The average Bonchev–Trinajstić information content (AvgIpc) is 2.44. The molecule has 6 heteroatoms. The van der Waals surface area contributed by atoms with Crippen LogP contribution in [0.1, 0.15) is 5.56 Å². The van der Waals surface area contributed by atoms with Gasteiger partial charge in [0, 0.05) is 4.47 Å². The Morgan fingerprint density at radius 3 is 2.57 bits per heavy atom. The summed E-state index contributed by atoms with van der Waals surface area (Å²) in [5.41, 5.74) is 7.28. The summed E-state index contributed by atoms with van der Waals surface area (Å²) in [6.45, 7) is 0. The Morgan fingerprint density at radius 2 is 1.95 bits per heavy atom. The molecule has 0 heterocycles. The molecule has 4 N–H and O–H groups in total. The molecular weight excluding hydrogens is 356 g/mol. The van der Waals surface area contributed by atoms with Crippen molar-refractivity contribution in [2.75, 3.05) is 5.32 Å². The van der Waals surface area contributed by atoms with Crippen molar-refractivity contribution in [2.24, 2.45) is 5.73 Å². The number of hydrogen-bond acceptors (Lipinski definition) is 3. The number of aromatic hydroxyl groups is 1. The molecule has 0 radical (unpaired) electrons. The minimum absolute atomic E-state index is 0.179. The molecule has 21 heavy (non-hydrogen) atoms. The molecule has 0 saturated heterocycles. The fraction of sp³-hybridized carbons (Fsp3) is 0.133. The number of benzene rings is 2. The van der Waals surface area contributed by atoms with E-state index in [-0.39, 0.29) is 11.7 Å². The molecule has 0 aliphatic carbocycles. The molecule has 2 rings (SSSR count). The van der Waals surface area contributed by atoms with Crippen LogP contribution in [0.25, 0.3) is 0 Å². The van der Waals surface area contributed by atoms with Crippen molar-refractivity contribution in [1.82, 2.24) is 0 Å². The predicted molar refractivity (Wildman–Crippen MR) is 87.6 cm³/mol. The van der Waals surface area contributed by atoms with Crippen molar-refractivity contribution in [3.05, 3.63) is 57.5 Å². The fourth-order valence-electron chi connectivity index (χ4n) is 1.79. The first-order valence-corrected chi connectivity index (χ1v) is 7.42. The maximum Gasteiger partial charge on any atom is 0.241 e. The molecule has 0 spiro atoms. The minimum Gasteiger partial charge on any atom is -0.508 e. The number of nitrogens with two attached hydrogens (primary N) is 1. The average molecular weight is 370 g/mol. The van der Waals surface area contributed by atoms with Crippen molar-refractivity contribution >= 4 is 39.1 Å². The van der Waals surface area contributed by atoms with Crippen molar-refractivity contribution < 1.29 is 9.90 Å². The van der Waals surface area contributed by atoms with Crippen LogP contribution in [0.3, 0.4) is 0 Å². The summed E-state index contributed by atoms with van der Waals surface area (Å²) in [6.07, 6.45) is 0.375. The molecule has 1 atom stereocenters. The van der Waals surface area contributed by atoms with E-state index in [0.29, 0.717) is 17.1 Å². The summed E-state index contributed by atoms with van der Waals surface area (Å²) in [6, 6.07) is 11.1. The topological polar surface area (TPSA) is 75.3 Å². The third-order valence-corrected chi connectivity index (χ3v) is 3.72. The highest BCUT2D eigenvalue weighted by Crippen LogP contribution is 2.25. The highest BCUT2D eigenvalue weighted by atomic mass is 79.9. The lowest BCUT2D eigenvalue weighted by molar-refractivity contribution is -0.117. The maximum atomic E-state index is 12.1. The molecule has 0 fully saturated rings. The first kappa shape index (κ1) is 15.8. The van der Waals surface area contributed by atoms with Gasteiger partial charge in [-0.25, -0.2) is 0 Å². The molecule has 0 aliphatic heterocycles. The Kier molecular flexibility index (Phi) is 5.22. The summed E-state index contributed by atoms with van der Waals surface area (Å²) in [7, 11) is 0. The van der Waals surface area contributed by atoms with Crippen LogP contribution in [0, 0.1) is 0 Å². The van der Waals surface area contributed by atoms with Gasteiger partial charge in [-0.1, -0.05) is 39.7 Å². The molecule has 1 amide bonds. The van der Waals surface area contributed by atoms with Gasteiger partial charge >= 0.3 is 0 Å². The van der Waals surface area contributed by atoms with E-state index in [1.54, 1.807) is 42.5 Å².